The normalized spacial score (nSPS) is 10.8. The Balaban J connectivity index is 2.17. The van der Waals surface area contributed by atoms with Crippen molar-refractivity contribution in [2.75, 3.05) is 19.5 Å². The van der Waals surface area contributed by atoms with Crippen LogP contribution in [0.5, 0.6) is 6.01 Å². The van der Waals surface area contributed by atoms with E-state index in [4.69, 9.17) is 9.15 Å². The highest BCUT2D eigenvalue weighted by molar-refractivity contribution is 5.84. The molecule has 0 saturated carbocycles. The van der Waals surface area contributed by atoms with E-state index in [1.165, 1.54) is 7.11 Å². The van der Waals surface area contributed by atoms with Crippen molar-refractivity contribution in [1.82, 2.24) is 15.0 Å². The van der Waals surface area contributed by atoms with Gasteiger partial charge in [0.15, 0.2) is 5.76 Å². The first kappa shape index (κ1) is 12.4. The van der Waals surface area contributed by atoms with Crippen molar-refractivity contribution in [3.8, 4) is 17.6 Å². The number of aromatic nitrogens is 3. The summed E-state index contributed by atoms with van der Waals surface area (Å²) in [6, 6.07) is 8.15. The van der Waals surface area contributed by atoms with E-state index in [2.05, 4.69) is 20.3 Å². The van der Waals surface area contributed by atoms with Crippen LogP contribution in [0.2, 0.25) is 0 Å². The lowest BCUT2D eigenvalue weighted by molar-refractivity contribution is 0.379. The maximum atomic E-state index is 5.85. The number of methoxy groups -OCH3 is 1. The highest BCUT2D eigenvalue weighted by Gasteiger charge is 2.13. The standard InChI is InChI=1S/C14H14N4O2/c1-8-5-4-6-9-7-10(20-11(8)9)12-16-13(15-2)18-14(17-12)19-3/h4-7H,1-3H3,(H,15,16,17,18). The molecule has 0 aliphatic rings. The maximum absolute atomic E-state index is 5.85. The molecule has 3 rings (SSSR count). The fraction of sp³-hybridized carbons (Fsp3) is 0.214. The topological polar surface area (TPSA) is 73.1 Å². The minimum Gasteiger partial charge on any atom is -0.467 e. The first-order valence-electron chi connectivity index (χ1n) is 6.18. The van der Waals surface area contributed by atoms with E-state index in [1.54, 1.807) is 7.05 Å². The van der Waals surface area contributed by atoms with Crippen molar-refractivity contribution < 1.29 is 9.15 Å². The molecule has 0 bridgehead atoms. The summed E-state index contributed by atoms with van der Waals surface area (Å²) in [5.74, 6) is 1.47. The third-order valence-electron chi connectivity index (χ3n) is 2.98. The molecule has 2 aromatic heterocycles. The molecule has 0 spiro atoms. The zero-order valence-electron chi connectivity index (χ0n) is 11.5. The summed E-state index contributed by atoms with van der Waals surface area (Å²) < 4.78 is 10.9. The van der Waals surface area contributed by atoms with E-state index < -0.39 is 0 Å². The Morgan fingerprint density at radius 1 is 1.20 bits per heavy atom. The van der Waals surface area contributed by atoms with Gasteiger partial charge in [0.2, 0.25) is 11.8 Å². The summed E-state index contributed by atoms with van der Waals surface area (Å²) in [5.41, 5.74) is 1.91. The largest absolute Gasteiger partial charge is 0.467 e. The van der Waals surface area contributed by atoms with Crippen molar-refractivity contribution >= 4 is 16.9 Å². The molecular weight excluding hydrogens is 256 g/mol. The monoisotopic (exact) mass is 270 g/mol. The predicted octanol–water partition coefficient (Wildman–Crippen LogP) is 2.64. The number of rotatable bonds is 3. The average Bonchev–Trinajstić information content (AvgIpc) is 2.92. The zero-order chi connectivity index (χ0) is 14.1. The maximum Gasteiger partial charge on any atom is 0.321 e. The van der Waals surface area contributed by atoms with Gasteiger partial charge in [-0.2, -0.15) is 15.0 Å². The molecule has 0 saturated heterocycles. The lowest BCUT2D eigenvalue weighted by Crippen LogP contribution is -2.02. The predicted molar refractivity (Wildman–Crippen MR) is 75.9 cm³/mol. The molecule has 1 aromatic carbocycles. The number of anilines is 1. The van der Waals surface area contributed by atoms with Gasteiger partial charge in [-0.15, -0.1) is 0 Å². The first-order valence-corrected chi connectivity index (χ1v) is 6.18. The summed E-state index contributed by atoms with van der Waals surface area (Å²) in [6.45, 7) is 2.00. The second-order valence-corrected chi connectivity index (χ2v) is 4.32. The van der Waals surface area contributed by atoms with Gasteiger partial charge < -0.3 is 14.5 Å². The molecule has 0 fully saturated rings. The molecule has 0 amide bonds. The quantitative estimate of drug-likeness (QED) is 0.788. The number of fused-ring (bicyclic) bond motifs is 1. The molecular formula is C14H14N4O2. The van der Waals surface area contributed by atoms with Crippen LogP contribution in [0, 0.1) is 6.92 Å². The lowest BCUT2D eigenvalue weighted by atomic mass is 10.2. The van der Waals surface area contributed by atoms with Crippen molar-refractivity contribution in [2.24, 2.45) is 0 Å². The summed E-state index contributed by atoms with van der Waals surface area (Å²) in [4.78, 5) is 12.6. The van der Waals surface area contributed by atoms with Gasteiger partial charge in [0.1, 0.15) is 5.58 Å². The highest BCUT2D eigenvalue weighted by Crippen LogP contribution is 2.28. The Labute approximate surface area is 115 Å². The van der Waals surface area contributed by atoms with Gasteiger partial charge in [0.05, 0.1) is 7.11 Å². The van der Waals surface area contributed by atoms with Crippen LogP contribution in [0.1, 0.15) is 5.56 Å². The van der Waals surface area contributed by atoms with Crippen molar-refractivity contribution in [1.29, 1.82) is 0 Å². The molecule has 3 aromatic rings. The zero-order valence-corrected chi connectivity index (χ0v) is 11.5. The van der Waals surface area contributed by atoms with Gasteiger partial charge in [-0.25, -0.2) is 0 Å². The van der Waals surface area contributed by atoms with E-state index >= 15 is 0 Å². The molecule has 0 unspecified atom stereocenters. The summed E-state index contributed by atoms with van der Waals surface area (Å²) >= 11 is 0. The molecule has 0 aliphatic carbocycles. The Hall–Kier alpha value is -2.63. The number of aryl methyl sites for hydroxylation is 1. The minimum atomic E-state index is 0.247. The fourth-order valence-electron chi connectivity index (χ4n) is 1.99. The first-order chi connectivity index (χ1) is 9.71. The van der Waals surface area contributed by atoms with Crippen LogP contribution in [0.3, 0.4) is 0 Å². The third-order valence-corrected chi connectivity index (χ3v) is 2.98. The average molecular weight is 270 g/mol. The van der Waals surface area contributed by atoms with Crippen LogP contribution in [0.15, 0.2) is 28.7 Å². The van der Waals surface area contributed by atoms with Crippen molar-refractivity contribution in [3.05, 3.63) is 29.8 Å². The number of hydrogen-bond acceptors (Lipinski definition) is 6. The molecule has 2 heterocycles. The number of nitrogens with zero attached hydrogens (tertiary/aromatic N) is 3. The molecule has 6 heteroatoms. The van der Waals surface area contributed by atoms with E-state index in [1.807, 2.05) is 31.2 Å². The van der Waals surface area contributed by atoms with Crippen LogP contribution < -0.4 is 10.1 Å². The van der Waals surface area contributed by atoms with E-state index in [0.29, 0.717) is 17.5 Å². The van der Waals surface area contributed by atoms with Gasteiger partial charge in [-0.3, -0.25) is 0 Å². The van der Waals surface area contributed by atoms with E-state index in [-0.39, 0.29) is 6.01 Å². The number of nitrogens with one attached hydrogen (secondary N) is 1. The second-order valence-electron chi connectivity index (χ2n) is 4.32. The lowest BCUT2D eigenvalue weighted by Gasteiger charge is -2.03. The Morgan fingerprint density at radius 2 is 2.05 bits per heavy atom. The van der Waals surface area contributed by atoms with Gasteiger partial charge in [0, 0.05) is 12.4 Å². The van der Waals surface area contributed by atoms with Crippen LogP contribution in [-0.4, -0.2) is 29.1 Å². The summed E-state index contributed by atoms with van der Waals surface area (Å²) in [6.07, 6.45) is 0. The van der Waals surface area contributed by atoms with Gasteiger partial charge >= 0.3 is 6.01 Å². The molecule has 0 radical (unpaired) electrons. The smallest absolute Gasteiger partial charge is 0.321 e. The molecule has 6 nitrogen and oxygen atoms in total. The molecule has 1 N–H and O–H groups in total. The number of furan rings is 1. The number of benzene rings is 1. The number of para-hydroxylation sites is 1. The third kappa shape index (κ3) is 2.05. The number of hydrogen-bond donors (Lipinski definition) is 1. The van der Waals surface area contributed by atoms with Crippen LogP contribution in [-0.2, 0) is 0 Å². The Morgan fingerprint density at radius 3 is 2.75 bits per heavy atom. The SMILES string of the molecule is CNc1nc(OC)nc(-c2cc3cccc(C)c3o2)n1. The minimum absolute atomic E-state index is 0.247. The Bertz CT molecular complexity index is 745. The van der Waals surface area contributed by atoms with Crippen LogP contribution in [0.25, 0.3) is 22.6 Å². The molecule has 20 heavy (non-hydrogen) atoms. The molecule has 0 atom stereocenters. The van der Waals surface area contributed by atoms with Crippen molar-refractivity contribution in [2.45, 2.75) is 6.92 Å². The van der Waals surface area contributed by atoms with E-state index in [0.717, 1.165) is 16.5 Å². The highest BCUT2D eigenvalue weighted by atomic mass is 16.5. The molecule has 102 valence electrons. The van der Waals surface area contributed by atoms with Crippen LogP contribution >= 0.6 is 0 Å². The van der Waals surface area contributed by atoms with Gasteiger partial charge in [0.25, 0.3) is 0 Å². The molecule has 0 aliphatic heterocycles. The second kappa shape index (κ2) is 4.80. The fourth-order valence-corrected chi connectivity index (χ4v) is 1.99. The van der Waals surface area contributed by atoms with Crippen LogP contribution in [0.4, 0.5) is 5.95 Å². The van der Waals surface area contributed by atoms with Gasteiger partial charge in [-0.05, 0) is 18.6 Å². The summed E-state index contributed by atoms with van der Waals surface area (Å²) in [5, 5.41) is 3.89. The van der Waals surface area contributed by atoms with E-state index in [9.17, 15) is 0 Å². The van der Waals surface area contributed by atoms with Gasteiger partial charge in [-0.1, -0.05) is 18.2 Å². The number of ether oxygens (including phenoxy) is 1. The Kier molecular flexibility index (Phi) is 2.98. The van der Waals surface area contributed by atoms with Crippen molar-refractivity contribution in [3.63, 3.8) is 0 Å². The summed E-state index contributed by atoms with van der Waals surface area (Å²) in [7, 11) is 3.25.